The zero-order chi connectivity index (χ0) is 26.6. The van der Waals surface area contributed by atoms with Gasteiger partial charge in [-0.2, -0.15) is 13.2 Å². The summed E-state index contributed by atoms with van der Waals surface area (Å²) in [7, 11) is 0.791. The molecule has 2 heterocycles. The summed E-state index contributed by atoms with van der Waals surface area (Å²) in [5.74, 6) is -2.20. The molecule has 36 heavy (non-hydrogen) atoms. The van der Waals surface area contributed by atoms with Crippen molar-refractivity contribution in [3.05, 3.63) is 55.6 Å². The molecule has 1 aliphatic heterocycles. The van der Waals surface area contributed by atoms with Gasteiger partial charge in [0.2, 0.25) is 5.91 Å². The van der Waals surface area contributed by atoms with E-state index in [0.717, 1.165) is 35.8 Å². The molecule has 0 N–H and O–H groups in total. The van der Waals surface area contributed by atoms with E-state index >= 15 is 0 Å². The lowest BCUT2D eigenvalue weighted by molar-refractivity contribution is -0.146. The molecular weight excluding hydrogens is 532 g/mol. The minimum Gasteiger partial charge on any atom is -0.465 e. The Hall–Kier alpha value is -3.13. The SMILES string of the molecule is CCOC(=O)CN1C(=O)C2(CC2)S/C1=N/c1cc(-n2c(=O)cc(C(F)(F)F)n(C)c2=O)c(F)cc1Cl. The van der Waals surface area contributed by atoms with E-state index in [-0.39, 0.29) is 43.6 Å². The highest BCUT2D eigenvalue weighted by Crippen LogP contribution is 2.55. The summed E-state index contributed by atoms with van der Waals surface area (Å²) in [5.41, 5.74) is -5.24. The maximum Gasteiger partial charge on any atom is 0.431 e. The fourth-order valence-electron chi connectivity index (χ4n) is 3.60. The Morgan fingerprint density at radius 3 is 2.47 bits per heavy atom. The number of aromatic nitrogens is 2. The highest BCUT2D eigenvalue weighted by Gasteiger charge is 2.60. The standard InChI is InChI=1S/C21H17ClF4N4O5S/c1-3-35-16(32)9-29-17(33)20(4-5-20)36-18(29)27-12-7-13(11(23)6-10(12)22)30-15(31)8-14(21(24,25)26)28(2)19(30)34/h6-8H,3-5,9H2,1-2H3/b27-18+. The third-order valence-corrected chi connectivity index (χ3v) is 7.30. The van der Waals surface area contributed by atoms with Crippen molar-refractivity contribution in [2.24, 2.45) is 12.0 Å². The van der Waals surface area contributed by atoms with E-state index in [1.54, 1.807) is 6.92 Å². The predicted octanol–water partition coefficient (Wildman–Crippen LogP) is 3.01. The number of halogens is 5. The zero-order valence-corrected chi connectivity index (χ0v) is 20.3. The Labute approximate surface area is 209 Å². The molecule has 1 saturated heterocycles. The van der Waals surface area contributed by atoms with Gasteiger partial charge in [-0.15, -0.1) is 0 Å². The summed E-state index contributed by atoms with van der Waals surface area (Å²) in [6, 6.07) is 1.82. The maximum absolute atomic E-state index is 14.8. The number of thioether (sulfide) groups is 1. The summed E-state index contributed by atoms with van der Waals surface area (Å²) in [4.78, 5) is 55.3. The van der Waals surface area contributed by atoms with Gasteiger partial charge in [-0.3, -0.25) is 23.9 Å². The van der Waals surface area contributed by atoms with Crippen molar-refractivity contribution in [2.45, 2.75) is 30.7 Å². The van der Waals surface area contributed by atoms with Crippen molar-refractivity contribution in [2.75, 3.05) is 13.2 Å². The summed E-state index contributed by atoms with van der Waals surface area (Å²) in [6.45, 7) is 1.27. The molecule has 2 aromatic rings. The van der Waals surface area contributed by atoms with Gasteiger partial charge in [0.15, 0.2) is 5.17 Å². The highest BCUT2D eigenvalue weighted by molar-refractivity contribution is 8.16. The molecule has 9 nitrogen and oxygen atoms in total. The van der Waals surface area contributed by atoms with Crippen molar-refractivity contribution < 1.29 is 31.9 Å². The van der Waals surface area contributed by atoms with E-state index in [4.69, 9.17) is 16.3 Å². The summed E-state index contributed by atoms with van der Waals surface area (Å²) < 4.78 is 58.8. The predicted molar refractivity (Wildman–Crippen MR) is 122 cm³/mol. The number of hydrogen-bond donors (Lipinski definition) is 0. The Kier molecular flexibility index (Phi) is 6.54. The molecule has 1 amide bonds. The van der Waals surface area contributed by atoms with E-state index in [2.05, 4.69) is 4.99 Å². The van der Waals surface area contributed by atoms with Crippen molar-refractivity contribution in [3.63, 3.8) is 0 Å². The van der Waals surface area contributed by atoms with Crippen LogP contribution >= 0.6 is 23.4 Å². The molecule has 1 spiro atoms. The van der Waals surface area contributed by atoms with Crippen LogP contribution in [0.15, 0.2) is 32.8 Å². The number of aliphatic imine (C=N–C) groups is 1. The van der Waals surface area contributed by atoms with Gasteiger partial charge in [-0.25, -0.2) is 18.7 Å². The van der Waals surface area contributed by atoms with E-state index < -0.39 is 51.9 Å². The number of alkyl halides is 3. The number of rotatable bonds is 5. The lowest BCUT2D eigenvalue weighted by atomic mass is 10.2. The van der Waals surface area contributed by atoms with Crippen LogP contribution in [0, 0.1) is 5.82 Å². The molecule has 192 valence electrons. The minimum atomic E-state index is -4.99. The fraction of sp³-hybridized carbons (Fsp3) is 0.381. The lowest BCUT2D eigenvalue weighted by Crippen LogP contribution is -2.41. The van der Waals surface area contributed by atoms with Crippen LogP contribution in [0.4, 0.5) is 23.2 Å². The second kappa shape index (κ2) is 9.07. The van der Waals surface area contributed by atoms with Gasteiger partial charge in [-0.05, 0) is 31.9 Å². The normalized spacial score (nSPS) is 17.8. The summed E-state index contributed by atoms with van der Waals surface area (Å²) in [5, 5.41) is -0.195. The van der Waals surface area contributed by atoms with Crippen LogP contribution in [0.1, 0.15) is 25.5 Å². The number of ether oxygens (including phenoxy) is 1. The quantitative estimate of drug-likeness (QED) is 0.420. The largest absolute Gasteiger partial charge is 0.465 e. The molecule has 1 aliphatic carbocycles. The van der Waals surface area contributed by atoms with E-state index in [1.807, 2.05) is 0 Å². The maximum atomic E-state index is 14.8. The van der Waals surface area contributed by atoms with Gasteiger partial charge in [-0.1, -0.05) is 23.4 Å². The molecule has 0 atom stereocenters. The monoisotopic (exact) mass is 548 g/mol. The van der Waals surface area contributed by atoms with E-state index in [1.165, 1.54) is 0 Å². The van der Waals surface area contributed by atoms with Gasteiger partial charge in [0.1, 0.15) is 22.8 Å². The molecule has 1 aromatic heterocycles. The van der Waals surface area contributed by atoms with Crippen molar-refractivity contribution in [1.29, 1.82) is 0 Å². The average molecular weight is 549 g/mol. The van der Waals surface area contributed by atoms with Crippen LogP contribution in [0.25, 0.3) is 5.69 Å². The number of amidine groups is 1. The van der Waals surface area contributed by atoms with Crippen LogP contribution in [-0.4, -0.2) is 49.0 Å². The van der Waals surface area contributed by atoms with Gasteiger partial charge in [0, 0.05) is 13.1 Å². The van der Waals surface area contributed by atoms with E-state index in [9.17, 15) is 36.7 Å². The molecule has 0 bridgehead atoms. The number of benzene rings is 1. The molecular formula is C21H17ClF4N4O5S. The average Bonchev–Trinajstić information content (AvgIpc) is 3.51. The van der Waals surface area contributed by atoms with Crippen LogP contribution in [0.3, 0.4) is 0 Å². The van der Waals surface area contributed by atoms with Crippen molar-refractivity contribution >= 4 is 46.1 Å². The summed E-state index contributed by atoms with van der Waals surface area (Å²) >= 11 is 7.20. The molecule has 2 fully saturated rings. The first kappa shape index (κ1) is 25.9. The zero-order valence-electron chi connectivity index (χ0n) is 18.7. The first-order valence-corrected chi connectivity index (χ1v) is 11.6. The number of nitrogens with zero attached hydrogens (tertiary/aromatic N) is 4. The van der Waals surface area contributed by atoms with Crippen molar-refractivity contribution in [1.82, 2.24) is 14.0 Å². The first-order valence-electron chi connectivity index (χ1n) is 10.4. The van der Waals surface area contributed by atoms with Crippen LogP contribution < -0.4 is 11.2 Å². The third kappa shape index (κ3) is 4.54. The molecule has 1 saturated carbocycles. The Morgan fingerprint density at radius 2 is 1.89 bits per heavy atom. The number of hydrogen-bond acceptors (Lipinski definition) is 7. The smallest absolute Gasteiger partial charge is 0.431 e. The van der Waals surface area contributed by atoms with Crippen LogP contribution in [-0.2, 0) is 27.5 Å². The fourth-order valence-corrected chi connectivity index (χ4v) is 5.05. The molecule has 0 radical (unpaired) electrons. The minimum absolute atomic E-state index is 0.0673. The van der Waals surface area contributed by atoms with Crippen LogP contribution in [0.5, 0.6) is 0 Å². The van der Waals surface area contributed by atoms with Gasteiger partial charge in [0.05, 0.1) is 23.0 Å². The van der Waals surface area contributed by atoms with Crippen molar-refractivity contribution in [3.8, 4) is 5.69 Å². The van der Waals surface area contributed by atoms with Gasteiger partial charge < -0.3 is 4.74 Å². The second-order valence-corrected chi connectivity index (χ2v) is 9.74. The summed E-state index contributed by atoms with van der Waals surface area (Å²) in [6.07, 6.45) is -3.89. The molecule has 0 unspecified atom stereocenters. The number of carbonyl (C=O) groups excluding carboxylic acids is 2. The van der Waals surface area contributed by atoms with Gasteiger partial charge in [0.25, 0.3) is 5.56 Å². The van der Waals surface area contributed by atoms with Crippen LogP contribution in [0.2, 0.25) is 5.02 Å². The third-order valence-electron chi connectivity index (χ3n) is 5.53. The molecule has 15 heteroatoms. The Morgan fingerprint density at radius 1 is 1.22 bits per heavy atom. The number of amides is 1. The number of esters is 1. The Balaban J connectivity index is 1.82. The molecule has 4 rings (SSSR count). The second-order valence-electron chi connectivity index (χ2n) is 7.98. The molecule has 2 aliphatic rings. The highest BCUT2D eigenvalue weighted by atomic mass is 35.5. The Bertz CT molecular complexity index is 1430. The number of carbonyl (C=O) groups is 2. The lowest BCUT2D eigenvalue weighted by Gasteiger charge is -2.16. The first-order chi connectivity index (χ1) is 16.8. The topological polar surface area (TPSA) is 103 Å². The van der Waals surface area contributed by atoms with Gasteiger partial charge >= 0.3 is 17.8 Å². The van der Waals surface area contributed by atoms with E-state index in [0.29, 0.717) is 12.8 Å². The molecule has 1 aromatic carbocycles.